The Kier molecular flexibility index (Phi) is 6.10. The van der Waals surface area contributed by atoms with Gasteiger partial charge in [-0.15, -0.1) is 0 Å². The Morgan fingerprint density at radius 3 is 2.33 bits per heavy atom. The highest BCUT2D eigenvalue weighted by molar-refractivity contribution is 5.64. The Hall–Kier alpha value is -1.12. The minimum absolute atomic E-state index is 0.0109. The molecule has 0 spiro atoms. The molecule has 18 heavy (non-hydrogen) atoms. The topological polar surface area (TPSA) is 32.3 Å². The maximum Gasteiger partial charge on any atom is 0.0499 e. The molecule has 1 aromatic carbocycles. The van der Waals surface area contributed by atoms with Crippen molar-refractivity contribution in [3.8, 4) is 0 Å². The van der Waals surface area contributed by atoms with Crippen LogP contribution in [0.4, 0.5) is 0 Å². The average Bonchev–Trinajstić information content (AvgIpc) is 2.45. The van der Waals surface area contributed by atoms with Crippen LogP contribution in [0.3, 0.4) is 0 Å². The SMILES string of the molecule is C=C(CNCC(CC)(CC)CO)c1ccccc1. The van der Waals surface area contributed by atoms with E-state index in [1.54, 1.807) is 0 Å². The summed E-state index contributed by atoms with van der Waals surface area (Å²) in [6, 6.07) is 10.2. The lowest BCUT2D eigenvalue weighted by atomic mass is 9.83. The lowest BCUT2D eigenvalue weighted by molar-refractivity contribution is 0.114. The van der Waals surface area contributed by atoms with Crippen LogP contribution >= 0.6 is 0 Å². The quantitative estimate of drug-likeness (QED) is 0.740. The molecule has 2 heteroatoms. The number of benzene rings is 1. The Morgan fingerprint density at radius 1 is 1.22 bits per heavy atom. The van der Waals surface area contributed by atoms with Gasteiger partial charge in [0.15, 0.2) is 0 Å². The van der Waals surface area contributed by atoms with Gasteiger partial charge in [-0.1, -0.05) is 50.8 Å². The molecule has 100 valence electrons. The van der Waals surface area contributed by atoms with Gasteiger partial charge in [-0.05, 0) is 24.0 Å². The van der Waals surface area contributed by atoms with Crippen molar-refractivity contribution in [2.24, 2.45) is 5.41 Å². The van der Waals surface area contributed by atoms with Crippen molar-refractivity contribution in [2.45, 2.75) is 26.7 Å². The summed E-state index contributed by atoms with van der Waals surface area (Å²) in [6.45, 7) is 10.2. The van der Waals surface area contributed by atoms with E-state index in [9.17, 15) is 5.11 Å². The van der Waals surface area contributed by atoms with Crippen molar-refractivity contribution in [1.29, 1.82) is 0 Å². The van der Waals surface area contributed by atoms with Crippen LogP contribution in [-0.4, -0.2) is 24.8 Å². The maximum atomic E-state index is 9.50. The second-order valence-electron chi connectivity index (χ2n) is 4.94. The smallest absolute Gasteiger partial charge is 0.0499 e. The minimum atomic E-state index is 0.0109. The van der Waals surface area contributed by atoms with Gasteiger partial charge in [0.25, 0.3) is 0 Å². The van der Waals surface area contributed by atoms with Crippen LogP contribution in [-0.2, 0) is 0 Å². The van der Waals surface area contributed by atoms with Crippen LogP contribution in [0.15, 0.2) is 36.9 Å². The lowest BCUT2D eigenvalue weighted by Gasteiger charge is -2.29. The normalized spacial score (nSPS) is 11.5. The molecule has 0 amide bonds. The third kappa shape index (κ3) is 3.97. The van der Waals surface area contributed by atoms with E-state index in [4.69, 9.17) is 0 Å². The van der Waals surface area contributed by atoms with Crippen molar-refractivity contribution in [2.75, 3.05) is 19.7 Å². The van der Waals surface area contributed by atoms with Gasteiger partial charge in [0.05, 0.1) is 0 Å². The molecule has 1 aromatic rings. The molecule has 0 aliphatic heterocycles. The summed E-state index contributed by atoms with van der Waals surface area (Å²) in [5.41, 5.74) is 2.28. The first-order chi connectivity index (χ1) is 8.67. The highest BCUT2D eigenvalue weighted by Gasteiger charge is 2.24. The van der Waals surface area contributed by atoms with Crippen molar-refractivity contribution in [3.05, 3.63) is 42.5 Å². The molecule has 0 saturated heterocycles. The molecule has 0 fully saturated rings. The van der Waals surface area contributed by atoms with Crippen LogP contribution < -0.4 is 5.32 Å². The third-order valence-electron chi connectivity index (χ3n) is 3.86. The largest absolute Gasteiger partial charge is 0.396 e. The summed E-state index contributed by atoms with van der Waals surface area (Å²) < 4.78 is 0. The van der Waals surface area contributed by atoms with Crippen LogP contribution in [0.2, 0.25) is 0 Å². The van der Waals surface area contributed by atoms with Gasteiger partial charge in [0.2, 0.25) is 0 Å². The average molecular weight is 247 g/mol. The predicted octanol–water partition coefficient (Wildman–Crippen LogP) is 3.09. The van der Waals surface area contributed by atoms with Crippen molar-refractivity contribution >= 4 is 5.57 Å². The first-order valence-electron chi connectivity index (χ1n) is 6.72. The number of hydrogen-bond donors (Lipinski definition) is 2. The molecule has 1 rings (SSSR count). The van der Waals surface area contributed by atoms with Gasteiger partial charge in [-0.25, -0.2) is 0 Å². The zero-order valence-electron chi connectivity index (χ0n) is 11.6. The highest BCUT2D eigenvalue weighted by atomic mass is 16.3. The second kappa shape index (κ2) is 7.34. The van der Waals surface area contributed by atoms with Gasteiger partial charge < -0.3 is 10.4 Å². The Labute approximate surface area is 111 Å². The van der Waals surface area contributed by atoms with Gasteiger partial charge >= 0.3 is 0 Å². The van der Waals surface area contributed by atoms with E-state index in [1.807, 2.05) is 18.2 Å². The molecule has 0 aliphatic carbocycles. The van der Waals surface area contributed by atoms with Gasteiger partial charge in [0, 0.05) is 25.1 Å². The standard InChI is InChI=1S/C16H25NO/c1-4-16(5-2,13-18)12-17-11-14(3)15-9-7-6-8-10-15/h6-10,17-18H,3-5,11-13H2,1-2H3. The van der Waals surface area contributed by atoms with E-state index < -0.39 is 0 Å². The molecule has 2 N–H and O–H groups in total. The summed E-state index contributed by atoms with van der Waals surface area (Å²) in [5, 5.41) is 12.9. The van der Waals surface area contributed by atoms with Crippen LogP contribution in [0.5, 0.6) is 0 Å². The zero-order chi connectivity index (χ0) is 13.4. The van der Waals surface area contributed by atoms with Crippen LogP contribution in [0, 0.1) is 5.41 Å². The highest BCUT2D eigenvalue weighted by Crippen LogP contribution is 2.24. The molecule has 0 radical (unpaired) electrons. The van der Waals surface area contributed by atoms with Crippen molar-refractivity contribution in [3.63, 3.8) is 0 Å². The Bertz CT molecular complexity index is 346. The molecule has 0 aliphatic rings. The number of hydrogen-bond acceptors (Lipinski definition) is 2. The molecular formula is C16H25NO. The van der Waals surface area contributed by atoms with E-state index in [-0.39, 0.29) is 12.0 Å². The molecule has 0 saturated carbocycles. The number of aliphatic hydroxyl groups is 1. The number of rotatable bonds is 8. The molecule has 0 atom stereocenters. The summed E-state index contributed by atoms with van der Waals surface area (Å²) in [6.07, 6.45) is 1.98. The lowest BCUT2D eigenvalue weighted by Crippen LogP contribution is -2.37. The predicted molar refractivity (Wildman–Crippen MR) is 78.4 cm³/mol. The molecule has 0 unspecified atom stereocenters. The fraction of sp³-hybridized carbons (Fsp3) is 0.500. The zero-order valence-corrected chi connectivity index (χ0v) is 11.6. The molecule has 0 aromatic heterocycles. The third-order valence-corrected chi connectivity index (χ3v) is 3.86. The second-order valence-corrected chi connectivity index (χ2v) is 4.94. The minimum Gasteiger partial charge on any atom is -0.396 e. The maximum absolute atomic E-state index is 9.50. The summed E-state index contributed by atoms with van der Waals surface area (Å²) in [4.78, 5) is 0. The first-order valence-corrected chi connectivity index (χ1v) is 6.72. The van der Waals surface area contributed by atoms with E-state index >= 15 is 0 Å². The number of aliphatic hydroxyl groups excluding tert-OH is 1. The van der Waals surface area contributed by atoms with E-state index in [1.165, 1.54) is 5.56 Å². The first kappa shape index (κ1) is 14.9. The molecule has 0 heterocycles. The molecule has 2 nitrogen and oxygen atoms in total. The summed E-state index contributed by atoms with van der Waals surface area (Å²) in [5.74, 6) is 0. The monoisotopic (exact) mass is 247 g/mol. The van der Waals surface area contributed by atoms with Gasteiger partial charge in [0.1, 0.15) is 0 Å². The molecular weight excluding hydrogens is 222 g/mol. The van der Waals surface area contributed by atoms with Gasteiger partial charge in [-0.2, -0.15) is 0 Å². The van der Waals surface area contributed by atoms with E-state index in [0.29, 0.717) is 0 Å². The van der Waals surface area contributed by atoms with Crippen LogP contribution in [0.25, 0.3) is 5.57 Å². The fourth-order valence-corrected chi connectivity index (χ4v) is 2.03. The molecule has 0 bridgehead atoms. The fourth-order valence-electron chi connectivity index (χ4n) is 2.03. The van der Waals surface area contributed by atoms with Gasteiger partial charge in [-0.3, -0.25) is 0 Å². The van der Waals surface area contributed by atoms with Crippen LogP contribution in [0.1, 0.15) is 32.3 Å². The van der Waals surface area contributed by atoms with E-state index in [0.717, 1.165) is 31.5 Å². The Morgan fingerprint density at radius 2 is 1.83 bits per heavy atom. The Balaban J connectivity index is 2.44. The summed E-state index contributed by atoms with van der Waals surface area (Å²) >= 11 is 0. The van der Waals surface area contributed by atoms with Crippen molar-refractivity contribution in [1.82, 2.24) is 5.32 Å². The van der Waals surface area contributed by atoms with E-state index in [2.05, 4.69) is 37.9 Å². The summed E-state index contributed by atoms with van der Waals surface area (Å²) in [7, 11) is 0. The number of nitrogens with one attached hydrogen (secondary N) is 1. The van der Waals surface area contributed by atoms with Crippen molar-refractivity contribution < 1.29 is 5.11 Å².